The topological polar surface area (TPSA) is 51.0 Å². The van der Waals surface area contributed by atoms with Gasteiger partial charge in [-0.3, -0.25) is 9.36 Å². The van der Waals surface area contributed by atoms with Crippen LogP contribution in [0.5, 0.6) is 0 Å². The lowest BCUT2D eigenvalue weighted by Crippen LogP contribution is -2.33. The number of carbonyl (C=O) groups is 1. The highest BCUT2D eigenvalue weighted by molar-refractivity contribution is 8.00. The van der Waals surface area contributed by atoms with Gasteiger partial charge in [-0.1, -0.05) is 66.4 Å². The molecule has 0 spiro atoms. The first-order valence-corrected chi connectivity index (χ1v) is 11.4. The van der Waals surface area contributed by atoms with Crippen molar-refractivity contribution in [3.8, 4) is 10.7 Å². The second-order valence-electron chi connectivity index (χ2n) is 6.85. The average molecular weight is 435 g/mol. The summed E-state index contributed by atoms with van der Waals surface area (Å²) < 4.78 is 2.10. The molecule has 0 saturated carbocycles. The molecule has 0 aliphatic rings. The van der Waals surface area contributed by atoms with Gasteiger partial charge in [-0.05, 0) is 36.1 Å². The summed E-state index contributed by atoms with van der Waals surface area (Å²) in [5, 5.41) is 11.4. The first-order chi connectivity index (χ1) is 14.6. The number of amides is 1. The molecule has 0 unspecified atom stereocenters. The predicted molar refractivity (Wildman–Crippen MR) is 124 cm³/mol. The van der Waals surface area contributed by atoms with Gasteiger partial charge in [0.15, 0.2) is 11.0 Å². The Morgan fingerprint density at radius 1 is 1.03 bits per heavy atom. The van der Waals surface area contributed by atoms with Crippen molar-refractivity contribution in [3.05, 3.63) is 83.7 Å². The standard InChI is InChI=1S/C23H22N4OS2/c1-17(22(28)26(2)19-12-7-4-8-13-19)30-23-25-24-21(20-14-9-15-29-20)27(23)16-18-10-5-3-6-11-18/h3-15,17H,16H2,1-2H3/t17-/m1/s1. The van der Waals surface area contributed by atoms with Gasteiger partial charge in [0, 0.05) is 12.7 Å². The predicted octanol–water partition coefficient (Wildman–Crippen LogP) is 5.20. The van der Waals surface area contributed by atoms with Gasteiger partial charge >= 0.3 is 0 Å². The average Bonchev–Trinajstić information content (AvgIpc) is 3.44. The minimum atomic E-state index is -0.301. The summed E-state index contributed by atoms with van der Waals surface area (Å²) >= 11 is 3.08. The zero-order chi connectivity index (χ0) is 20.9. The molecule has 2 heterocycles. The van der Waals surface area contributed by atoms with E-state index in [4.69, 9.17) is 0 Å². The summed E-state index contributed by atoms with van der Waals surface area (Å²) in [6.45, 7) is 2.57. The van der Waals surface area contributed by atoms with Crippen LogP contribution < -0.4 is 4.90 Å². The van der Waals surface area contributed by atoms with Crippen LogP contribution in [-0.4, -0.2) is 33.0 Å². The SMILES string of the molecule is C[C@@H](Sc1nnc(-c2cccs2)n1Cc1ccccc1)C(=O)N(C)c1ccccc1. The van der Waals surface area contributed by atoms with Gasteiger partial charge < -0.3 is 4.90 Å². The Bertz CT molecular complexity index is 1090. The fraction of sp³-hybridized carbons (Fsp3) is 0.174. The van der Waals surface area contributed by atoms with Crippen LogP contribution in [0.2, 0.25) is 0 Å². The Morgan fingerprint density at radius 3 is 2.40 bits per heavy atom. The smallest absolute Gasteiger partial charge is 0.240 e. The number of nitrogens with zero attached hydrogens (tertiary/aromatic N) is 4. The minimum Gasteiger partial charge on any atom is -0.315 e. The zero-order valence-corrected chi connectivity index (χ0v) is 18.4. The van der Waals surface area contributed by atoms with Gasteiger partial charge in [0.1, 0.15) is 0 Å². The molecule has 5 nitrogen and oxygen atoms in total. The Kier molecular flexibility index (Phi) is 6.30. The van der Waals surface area contributed by atoms with Gasteiger partial charge in [-0.2, -0.15) is 0 Å². The highest BCUT2D eigenvalue weighted by atomic mass is 32.2. The van der Waals surface area contributed by atoms with E-state index in [-0.39, 0.29) is 11.2 Å². The molecule has 0 aliphatic heterocycles. The van der Waals surface area contributed by atoms with Crippen LogP contribution in [-0.2, 0) is 11.3 Å². The number of rotatable bonds is 7. The summed E-state index contributed by atoms with van der Waals surface area (Å²) in [5.74, 6) is 0.852. The lowest BCUT2D eigenvalue weighted by Gasteiger charge is -2.21. The van der Waals surface area contributed by atoms with Gasteiger partial charge in [-0.25, -0.2) is 0 Å². The Labute approximate surface area is 184 Å². The Balaban J connectivity index is 1.59. The quantitative estimate of drug-likeness (QED) is 0.375. The van der Waals surface area contributed by atoms with Gasteiger partial charge in [0.2, 0.25) is 5.91 Å². The third-order valence-electron chi connectivity index (χ3n) is 4.75. The molecule has 30 heavy (non-hydrogen) atoms. The Hall–Kier alpha value is -2.90. The number of benzene rings is 2. The molecule has 0 bridgehead atoms. The molecular weight excluding hydrogens is 412 g/mol. The van der Waals surface area contributed by atoms with E-state index >= 15 is 0 Å². The van der Waals surface area contributed by atoms with Crippen LogP contribution in [0.3, 0.4) is 0 Å². The number of hydrogen-bond donors (Lipinski definition) is 0. The molecule has 1 amide bonds. The largest absolute Gasteiger partial charge is 0.315 e. The maximum Gasteiger partial charge on any atom is 0.240 e. The van der Waals surface area contributed by atoms with E-state index in [2.05, 4.69) is 26.9 Å². The van der Waals surface area contributed by atoms with Crippen LogP contribution in [0.4, 0.5) is 5.69 Å². The van der Waals surface area contributed by atoms with Crippen molar-refractivity contribution in [2.45, 2.75) is 23.9 Å². The summed E-state index contributed by atoms with van der Waals surface area (Å²) in [6, 6.07) is 24.0. The second-order valence-corrected chi connectivity index (χ2v) is 9.10. The first kappa shape index (κ1) is 20.4. The summed E-state index contributed by atoms with van der Waals surface area (Å²) in [7, 11) is 1.81. The lowest BCUT2D eigenvalue weighted by atomic mass is 10.2. The summed E-state index contributed by atoms with van der Waals surface area (Å²) in [6.07, 6.45) is 0. The van der Waals surface area contributed by atoms with E-state index in [0.717, 1.165) is 27.1 Å². The number of thiophene rings is 1. The molecule has 0 N–H and O–H groups in total. The van der Waals surface area contributed by atoms with Crippen LogP contribution in [0.25, 0.3) is 10.7 Å². The summed E-state index contributed by atoms with van der Waals surface area (Å²) in [5.41, 5.74) is 2.04. The number of hydrogen-bond acceptors (Lipinski definition) is 5. The number of anilines is 1. The highest BCUT2D eigenvalue weighted by Crippen LogP contribution is 2.31. The van der Waals surface area contributed by atoms with Gasteiger partial charge in [0.25, 0.3) is 0 Å². The van der Waals surface area contributed by atoms with E-state index in [1.54, 1.807) is 23.3 Å². The third kappa shape index (κ3) is 4.47. The summed E-state index contributed by atoms with van der Waals surface area (Å²) in [4.78, 5) is 15.8. The molecule has 4 aromatic rings. The van der Waals surface area contributed by atoms with Gasteiger partial charge in [-0.15, -0.1) is 21.5 Å². The molecular formula is C23H22N4OS2. The van der Waals surface area contributed by atoms with Crippen molar-refractivity contribution >= 4 is 34.7 Å². The van der Waals surface area contributed by atoms with E-state index in [1.807, 2.05) is 73.0 Å². The normalized spacial score (nSPS) is 11.9. The lowest BCUT2D eigenvalue weighted by molar-refractivity contribution is -0.117. The van der Waals surface area contributed by atoms with Crippen molar-refractivity contribution in [1.82, 2.24) is 14.8 Å². The maximum atomic E-state index is 13.0. The fourth-order valence-corrected chi connectivity index (χ4v) is 4.79. The van der Waals surface area contributed by atoms with E-state index in [1.165, 1.54) is 11.8 Å². The fourth-order valence-electron chi connectivity index (χ4n) is 3.13. The van der Waals surface area contributed by atoms with Gasteiger partial charge in [0.05, 0.1) is 16.7 Å². The van der Waals surface area contributed by atoms with E-state index in [9.17, 15) is 4.79 Å². The Morgan fingerprint density at radius 2 is 1.73 bits per heavy atom. The molecule has 0 radical (unpaired) electrons. The zero-order valence-electron chi connectivity index (χ0n) is 16.8. The number of para-hydroxylation sites is 1. The highest BCUT2D eigenvalue weighted by Gasteiger charge is 2.24. The number of carbonyl (C=O) groups excluding carboxylic acids is 1. The van der Waals surface area contributed by atoms with Crippen molar-refractivity contribution < 1.29 is 4.79 Å². The van der Waals surface area contributed by atoms with Crippen LogP contribution in [0, 0.1) is 0 Å². The van der Waals surface area contributed by atoms with E-state index < -0.39 is 0 Å². The van der Waals surface area contributed by atoms with Crippen molar-refractivity contribution in [2.24, 2.45) is 0 Å². The molecule has 2 aromatic carbocycles. The van der Waals surface area contributed by atoms with Crippen LogP contribution in [0.1, 0.15) is 12.5 Å². The third-order valence-corrected chi connectivity index (χ3v) is 6.68. The molecule has 0 fully saturated rings. The first-order valence-electron chi connectivity index (χ1n) is 9.64. The molecule has 152 valence electrons. The number of thioether (sulfide) groups is 1. The molecule has 7 heteroatoms. The van der Waals surface area contributed by atoms with Crippen molar-refractivity contribution in [2.75, 3.05) is 11.9 Å². The molecule has 0 saturated heterocycles. The van der Waals surface area contributed by atoms with Crippen molar-refractivity contribution in [3.63, 3.8) is 0 Å². The van der Waals surface area contributed by atoms with E-state index in [0.29, 0.717) is 6.54 Å². The molecule has 0 aliphatic carbocycles. The maximum absolute atomic E-state index is 13.0. The second kappa shape index (κ2) is 9.28. The molecule has 4 rings (SSSR count). The minimum absolute atomic E-state index is 0.0261. The van der Waals surface area contributed by atoms with Crippen LogP contribution >= 0.6 is 23.1 Å². The number of aromatic nitrogens is 3. The molecule has 1 atom stereocenters. The monoisotopic (exact) mass is 434 g/mol. The van der Waals surface area contributed by atoms with Crippen molar-refractivity contribution in [1.29, 1.82) is 0 Å². The molecule has 2 aromatic heterocycles. The van der Waals surface area contributed by atoms with Crippen LogP contribution in [0.15, 0.2) is 83.3 Å².